The van der Waals surface area contributed by atoms with Crippen molar-refractivity contribution < 1.29 is 18.1 Å². The van der Waals surface area contributed by atoms with E-state index >= 15 is 0 Å². The van der Waals surface area contributed by atoms with E-state index in [0.29, 0.717) is 6.04 Å². The lowest BCUT2D eigenvalue weighted by Gasteiger charge is -2.26. The minimum absolute atomic E-state index is 0.687. The molecule has 0 aliphatic rings. The van der Waals surface area contributed by atoms with E-state index in [0.717, 1.165) is 6.04 Å². The summed E-state index contributed by atoms with van der Waals surface area (Å²) in [6.45, 7) is 3.79. The third kappa shape index (κ3) is 4.89. The molecule has 0 aromatic rings. The third-order valence-electron chi connectivity index (χ3n) is 1.98. The van der Waals surface area contributed by atoms with Crippen molar-refractivity contribution in [3.05, 3.63) is 0 Å². The minimum Gasteiger partial charge on any atom is -0.432 e. The molecule has 80 valence electrons. The van der Waals surface area contributed by atoms with Crippen molar-refractivity contribution in [1.29, 1.82) is 0 Å². The predicted molar refractivity (Wildman–Crippen MR) is 56.1 cm³/mol. The van der Waals surface area contributed by atoms with Crippen LogP contribution in [-0.2, 0) is 13.3 Å². The fourth-order valence-corrected chi connectivity index (χ4v) is 5.80. The van der Waals surface area contributed by atoms with Gasteiger partial charge in [-0.3, -0.25) is 0 Å². The second-order valence-corrected chi connectivity index (χ2v) is 10.8. The summed E-state index contributed by atoms with van der Waals surface area (Å²) in [6, 6.07) is 1.43. The first-order valence-corrected chi connectivity index (χ1v) is 9.35. The van der Waals surface area contributed by atoms with E-state index < -0.39 is 17.1 Å². The Balaban J connectivity index is 4.11. The van der Waals surface area contributed by atoms with Crippen molar-refractivity contribution in [1.82, 2.24) is 0 Å². The van der Waals surface area contributed by atoms with Gasteiger partial charge >= 0.3 is 8.80 Å². The van der Waals surface area contributed by atoms with Crippen LogP contribution in [0.15, 0.2) is 0 Å². The summed E-state index contributed by atoms with van der Waals surface area (Å²) < 4.78 is 15.7. The standard InChI is InChI=1S/C7H20O4Si2/c1-9-13(10-2,11-3)7-6-12(4,5)8/h8H,6-7H2,1-5H3. The Labute approximate surface area is 82.3 Å². The lowest BCUT2D eigenvalue weighted by atomic mass is 10.9. The molecular formula is C7H20O4Si2. The molecule has 0 aliphatic heterocycles. The van der Waals surface area contributed by atoms with Crippen molar-refractivity contribution in [3.63, 3.8) is 0 Å². The summed E-state index contributed by atoms with van der Waals surface area (Å²) in [5, 5.41) is 0. The van der Waals surface area contributed by atoms with Crippen molar-refractivity contribution in [3.8, 4) is 0 Å². The lowest BCUT2D eigenvalue weighted by Crippen LogP contribution is -2.44. The van der Waals surface area contributed by atoms with Gasteiger partial charge < -0.3 is 18.1 Å². The van der Waals surface area contributed by atoms with Gasteiger partial charge in [-0.25, -0.2) is 0 Å². The smallest absolute Gasteiger partial charge is 0.432 e. The van der Waals surface area contributed by atoms with Crippen LogP contribution >= 0.6 is 0 Å². The molecule has 0 saturated carbocycles. The highest BCUT2D eigenvalue weighted by Gasteiger charge is 2.39. The number of hydrogen-bond donors (Lipinski definition) is 1. The average molecular weight is 224 g/mol. The first-order chi connectivity index (χ1) is 5.89. The first-order valence-electron chi connectivity index (χ1n) is 4.27. The first kappa shape index (κ1) is 13.3. The van der Waals surface area contributed by atoms with E-state index in [-0.39, 0.29) is 0 Å². The van der Waals surface area contributed by atoms with Gasteiger partial charge in [-0.1, -0.05) is 0 Å². The lowest BCUT2D eigenvalue weighted by molar-refractivity contribution is 0.125. The van der Waals surface area contributed by atoms with Gasteiger partial charge in [-0.2, -0.15) is 0 Å². The van der Waals surface area contributed by atoms with Gasteiger partial charge in [0.1, 0.15) is 0 Å². The zero-order chi connectivity index (χ0) is 10.5. The largest absolute Gasteiger partial charge is 0.499 e. The summed E-state index contributed by atoms with van der Waals surface area (Å²) in [5.41, 5.74) is 0. The molecule has 13 heavy (non-hydrogen) atoms. The van der Waals surface area contributed by atoms with Crippen LogP contribution in [0.25, 0.3) is 0 Å². The Morgan fingerprint density at radius 1 is 0.923 bits per heavy atom. The second-order valence-electron chi connectivity index (χ2n) is 3.61. The SMILES string of the molecule is CO[Si](CC[Si](C)(C)O)(OC)OC. The zero-order valence-corrected chi connectivity index (χ0v) is 11.1. The van der Waals surface area contributed by atoms with E-state index in [2.05, 4.69) is 0 Å². The molecule has 0 bridgehead atoms. The minimum atomic E-state index is -2.45. The van der Waals surface area contributed by atoms with Crippen molar-refractivity contribution in [2.45, 2.75) is 25.2 Å². The summed E-state index contributed by atoms with van der Waals surface area (Å²) >= 11 is 0. The molecule has 0 fully saturated rings. The Bertz CT molecular complexity index is 134. The third-order valence-corrected chi connectivity index (χ3v) is 6.68. The summed E-state index contributed by atoms with van der Waals surface area (Å²) in [4.78, 5) is 9.66. The van der Waals surface area contributed by atoms with Crippen LogP contribution in [0, 0.1) is 0 Å². The molecule has 0 radical (unpaired) electrons. The van der Waals surface area contributed by atoms with Gasteiger partial charge in [0.2, 0.25) is 0 Å². The van der Waals surface area contributed by atoms with Crippen LogP contribution < -0.4 is 0 Å². The molecule has 0 unspecified atom stereocenters. The zero-order valence-electron chi connectivity index (χ0n) is 9.09. The number of rotatable bonds is 6. The molecular weight excluding hydrogens is 204 g/mol. The van der Waals surface area contributed by atoms with E-state index in [4.69, 9.17) is 13.3 Å². The van der Waals surface area contributed by atoms with Crippen LogP contribution in [-0.4, -0.2) is 43.2 Å². The maximum atomic E-state index is 9.66. The molecule has 1 N–H and O–H groups in total. The highest BCUT2D eigenvalue weighted by Crippen LogP contribution is 2.20. The van der Waals surface area contributed by atoms with Crippen molar-refractivity contribution in [2.24, 2.45) is 0 Å². The molecule has 0 aromatic carbocycles. The van der Waals surface area contributed by atoms with Gasteiger partial charge in [-0.15, -0.1) is 0 Å². The second kappa shape index (κ2) is 5.23. The van der Waals surface area contributed by atoms with E-state index in [1.165, 1.54) is 0 Å². The van der Waals surface area contributed by atoms with Crippen LogP contribution in [0.1, 0.15) is 0 Å². The Morgan fingerprint density at radius 3 is 1.54 bits per heavy atom. The maximum Gasteiger partial charge on any atom is 0.499 e. The average Bonchev–Trinajstić information content (AvgIpc) is 2.06. The topological polar surface area (TPSA) is 47.9 Å². The van der Waals surface area contributed by atoms with Gasteiger partial charge in [-0.05, 0) is 19.1 Å². The number of hydrogen-bond acceptors (Lipinski definition) is 4. The van der Waals surface area contributed by atoms with Crippen LogP contribution in [0.2, 0.25) is 25.2 Å². The summed E-state index contributed by atoms with van der Waals surface area (Å²) in [7, 11) is 0.292. The van der Waals surface area contributed by atoms with Crippen molar-refractivity contribution in [2.75, 3.05) is 21.3 Å². The van der Waals surface area contributed by atoms with E-state index in [1.54, 1.807) is 21.3 Å². The van der Waals surface area contributed by atoms with Gasteiger partial charge in [0.25, 0.3) is 0 Å². The van der Waals surface area contributed by atoms with Gasteiger partial charge in [0.15, 0.2) is 8.32 Å². The Morgan fingerprint density at radius 2 is 1.31 bits per heavy atom. The summed E-state index contributed by atoms with van der Waals surface area (Å²) in [6.07, 6.45) is 0. The van der Waals surface area contributed by atoms with Crippen LogP contribution in [0.3, 0.4) is 0 Å². The predicted octanol–water partition coefficient (Wildman–Crippen LogP) is 1.06. The molecule has 0 rings (SSSR count). The molecule has 0 spiro atoms. The maximum absolute atomic E-state index is 9.66. The van der Waals surface area contributed by atoms with Gasteiger partial charge in [0.05, 0.1) is 0 Å². The Kier molecular flexibility index (Phi) is 5.34. The monoisotopic (exact) mass is 224 g/mol. The van der Waals surface area contributed by atoms with Crippen LogP contribution in [0.5, 0.6) is 0 Å². The Hall–Kier alpha value is 0.274. The molecule has 0 amide bonds. The molecule has 0 atom stereocenters. The van der Waals surface area contributed by atoms with E-state index in [9.17, 15) is 4.80 Å². The van der Waals surface area contributed by atoms with Gasteiger partial charge in [0, 0.05) is 27.4 Å². The molecule has 4 nitrogen and oxygen atoms in total. The van der Waals surface area contributed by atoms with Crippen molar-refractivity contribution >= 4 is 17.1 Å². The molecule has 0 aromatic heterocycles. The normalized spacial score (nSPS) is 13.4. The van der Waals surface area contributed by atoms with Crippen LogP contribution in [0.4, 0.5) is 0 Å². The highest BCUT2D eigenvalue weighted by molar-refractivity contribution is 6.72. The fraction of sp³-hybridized carbons (Fsp3) is 1.00. The molecule has 0 aliphatic carbocycles. The highest BCUT2D eigenvalue weighted by atomic mass is 28.4. The fourth-order valence-electron chi connectivity index (χ4n) is 1.02. The summed E-state index contributed by atoms with van der Waals surface area (Å²) in [5.74, 6) is 0. The molecule has 0 saturated heterocycles. The quantitative estimate of drug-likeness (QED) is 0.686. The molecule has 0 heterocycles. The molecule has 6 heteroatoms. The van der Waals surface area contributed by atoms with E-state index in [1.807, 2.05) is 13.1 Å².